The summed E-state index contributed by atoms with van der Waals surface area (Å²) in [7, 11) is 0. The van der Waals surface area contributed by atoms with E-state index < -0.39 is 74.2 Å². The summed E-state index contributed by atoms with van der Waals surface area (Å²) in [6.45, 7) is 3.46. The predicted octanol–water partition coefficient (Wildman–Crippen LogP) is 13.6. The van der Waals surface area contributed by atoms with Gasteiger partial charge in [0.25, 0.3) is 0 Å². The Morgan fingerprint density at radius 2 is 0.811 bits per heavy atom. The largest absolute Gasteiger partial charge is 0.394 e. The van der Waals surface area contributed by atoms with Crippen molar-refractivity contribution < 1.29 is 50.0 Å². The van der Waals surface area contributed by atoms with Crippen LogP contribution in [0.25, 0.3) is 0 Å². The summed E-state index contributed by atoms with van der Waals surface area (Å²) in [5, 5.41) is 76.2. The fraction of sp³-hybridized carbons (Fsp3) is 0.857. The average Bonchev–Trinajstić information content (AvgIpc) is 3.40. The van der Waals surface area contributed by atoms with Gasteiger partial charge in [0.1, 0.15) is 36.6 Å². The summed E-state index contributed by atoms with van der Waals surface area (Å²) in [6.07, 6.45) is 54.6. The second-order valence-electron chi connectivity index (χ2n) is 21.7. The molecule has 1 rings (SSSR count). The number of carbonyl (C=O) groups is 1. The van der Waals surface area contributed by atoms with E-state index >= 15 is 0 Å². The summed E-state index contributed by atoms with van der Waals surface area (Å²) in [5.41, 5.74) is 0. The Morgan fingerprint density at radius 1 is 0.459 bits per heavy atom. The van der Waals surface area contributed by atoms with E-state index in [2.05, 4.69) is 67.8 Å². The van der Waals surface area contributed by atoms with Crippen LogP contribution in [0.5, 0.6) is 0 Å². The van der Waals surface area contributed by atoms with Gasteiger partial charge in [0.2, 0.25) is 5.91 Å². The zero-order valence-corrected chi connectivity index (χ0v) is 47.6. The highest BCUT2D eigenvalue weighted by atomic mass is 16.7. The van der Waals surface area contributed by atoms with Crippen LogP contribution in [0, 0.1) is 0 Å². The molecule has 1 amide bonds. The molecule has 11 nitrogen and oxygen atoms in total. The average molecular weight is 1050 g/mol. The molecule has 0 aromatic heterocycles. The minimum absolute atomic E-state index is 0.240. The van der Waals surface area contributed by atoms with Crippen LogP contribution in [-0.2, 0) is 14.3 Å². The lowest BCUT2D eigenvalue weighted by Crippen LogP contribution is -2.60. The molecule has 1 saturated heterocycles. The molecule has 0 radical (unpaired) electrons. The van der Waals surface area contributed by atoms with Gasteiger partial charge in [-0.25, -0.2) is 0 Å². The molecule has 11 heteroatoms. The highest BCUT2D eigenvalue weighted by molar-refractivity contribution is 5.80. The molecule has 0 aliphatic carbocycles. The monoisotopic (exact) mass is 1050 g/mol. The first kappa shape index (κ1) is 70.1. The van der Waals surface area contributed by atoms with E-state index in [-0.39, 0.29) is 12.8 Å². The van der Waals surface area contributed by atoms with Crippen molar-refractivity contribution in [3.05, 3.63) is 48.6 Å². The zero-order valence-electron chi connectivity index (χ0n) is 47.6. The Hall–Kier alpha value is -1.93. The van der Waals surface area contributed by atoms with Crippen LogP contribution in [0.4, 0.5) is 0 Å². The first-order valence-electron chi connectivity index (χ1n) is 31.0. The maximum absolute atomic E-state index is 13.2. The van der Waals surface area contributed by atoms with E-state index in [1.54, 1.807) is 0 Å². The third kappa shape index (κ3) is 39.4. The van der Waals surface area contributed by atoms with E-state index in [1.165, 1.54) is 186 Å². The van der Waals surface area contributed by atoms with Gasteiger partial charge in [-0.05, 0) is 89.9 Å². The molecule has 0 aromatic rings. The number of ether oxygens (including phenoxy) is 2. The Morgan fingerprint density at radius 3 is 1.20 bits per heavy atom. The van der Waals surface area contributed by atoms with E-state index in [9.17, 15) is 40.5 Å². The van der Waals surface area contributed by atoms with Gasteiger partial charge in [-0.3, -0.25) is 4.79 Å². The number of allylic oxidation sites excluding steroid dienone is 8. The summed E-state index contributed by atoms with van der Waals surface area (Å²) in [4.78, 5) is 13.2. The van der Waals surface area contributed by atoms with E-state index in [1.807, 2.05) is 0 Å². The fourth-order valence-corrected chi connectivity index (χ4v) is 9.76. The second-order valence-corrected chi connectivity index (χ2v) is 21.7. The van der Waals surface area contributed by atoms with Gasteiger partial charge in [-0.2, -0.15) is 0 Å². The minimum Gasteiger partial charge on any atom is -0.394 e. The second kappa shape index (κ2) is 51.8. The molecule has 0 spiro atoms. The smallest absolute Gasteiger partial charge is 0.249 e. The quantitative estimate of drug-likeness (QED) is 0.0215. The minimum atomic E-state index is -1.67. The number of amides is 1. The maximum Gasteiger partial charge on any atom is 0.249 e. The molecule has 434 valence electrons. The lowest BCUT2D eigenvalue weighted by Gasteiger charge is -2.40. The predicted molar refractivity (Wildman–Crippen MR) is 307 cm³/mol. The van der Waals surface area contributed by atoms with Crippen LogP contribution in [0.3, 0.4) is 0 Å². The molecule has 1 aliphatic rings. The molecule has 0 aromatic carbocycles. The van der Waals surface area contributed by atoms with Gasteiger partial charge in [0.05, 0.1) is 25.4 Å². The van der Waals surface area contributed by atoms with Gasteiger partial charge >= 0.3 is 0 Å². The molecule has 1 heterocycles. The molecule has 1 fully saturated rings. The zero-order chi connectivity index (χ0) is 54.0. The van der Waals surface area contributed by atoms with Crippen LogP contribution in [-0.4, -0.2) is 110 Å². The summed E-state index contributed by atoms with van der Waals surface area (Å²) in [6, 6.07) is -1.20. The third-order valence-electron chi connectivity index (χ3n) is 14.8. The highest BCUT2D eigenvalue weighted by Crippen LogP contribution is 2.23. The summed E-state index contributed by atoms with van der Waals surface area (Å²) >= 11 is 0. The van der Waals surface area contributed by atoms with Crippen LogP contribution >= 0.6 is 0 Å². The van der Waals surface area contributed by atoms with Crippen LogP contribution < -0.4 is 5.32 Å². The number of hydrogen-bond acceptors (Lipinski definition) is 10. The van der Waals surface area contributed by atoms with Crippen LogP contribution in [0.15, 0.2) is 48.6 Å². The van der Waals surface area contributed by atoms with Crippen molar-refractivity contribution in [3.63, 3.8) is 0 Å². The first-order valence-corrected chi connectivity index (χ1v) is 31.0. The summed E-state index contributed by atoms with van der Waals surface area (Å²) < 4.78 is 11.1. The van der Waals surface area contributed by atoms with Crippen LogP contribution in [0.2, 0.25) is 0 Å². The van der Waals surface area contributed by atoms with Gasteiger partial charge in [-0.15, -0.1) is 0 Å². The Bertz CT molecular complexity index is 1340. The number of hydrogen-bond donors (Lipinski definition) is 8. The number of unbranched alkanes of at least 4 members (excludes halogenated alkanes) is 33. The third-order valence-corrected chi connectivity index (χ3v) is 14.8. The molecule has 0 saturated carbocycles. The molecule has 0 bridgehead atoms. The molecular formula is C63H117NO10. The number of aliphatic hydroxyl groups excluding tert-OH is 7. The number of rotatable bonds is 53. The molecule has 9 unspecified atom stereocenters. The lowest BCUT2D eigenvalue weighted by atomic mass is 9.98. The van der Waals surface area contributed by atoms with E-state index in [0.29, 0.717) is 19.3 Å². The number of aliphatic hydroxyl groups is 7. The normalized spacial score (nSPS) is 20.1. The molecule has 8 N–H and O–H groups in total. The summed E-state index contributed by atoms with van der Waals surface area (Å²) in [5.74, 6) is -0.712. The van der Waals surface area contributed by atoms with E-state index in [4.69, 9.17) is 9.47 Å². The number of nitrogens with one attached hydrogen (secondary N) is 1. The van der Waals surface area contributed by atoms with Gasteiger partial charge in [0.15, 0.2) is 6.29 Å². The van der Waals surface area contributed by atoms with Crippen molar-refractivity contribution in [1.82, 2.24) is 5.32 Å². The molecule has 1 aliphatic heterocycles. The lowest BCUT2D eigenvalue weighted by molar-refractivity contribution is -0.303. The number of carbonyl (C=O) groups excluding carboxylic acids is 1. The molecule has 74 heavy (non-hydrogen) atoms. The van der Waals surface area contributed by atoms with Gasteiger partial charge in [0, 0.05) is 0 Å². The van der Waals surface area contributed by atoms with Crippen molar-refractivity contribution in [2.45, 2.75) is 332 Å². The van der Waals surface area contributed by atoms with Crippen molar-refractivity contribution >= 4 is 5.91 Å². The van der Waals surface area contributed by atoms with Crippen molar-refractivity contribution in [3.8, 4) is 0 Å². The fourth-order valence-electron chi connectivity index (χ4n) is 9.76. The highest BCUT2D eigenvalue weighted by Gasteiger charge is 2.44. The standard InChI is InChI=1S/C63H117NO10/c1-3-5-7-9-11-13-15-17-19-21-23-25-27-28-29-31-33-35-37-39-41-43-45-47-49-51-56(67)62(72)64-54(53-73-63-61(71)60(70)59(69)57(52-65)74-63)58(68)55(66)50-48-46-44-42-40-38-36-34-32-30-26-24-22-20-18-16-14-12-10-8-6-4-2/h24,26,28-29,34,36,42,44,54-61,63,65-71H,3-23,25,27,30-33,35,37-41,43,45-53H2,1-2H3,(H,64,72)/b26-24+,29-28-,36-34+,44-42+. The SMILES string of the molecule is CCCCCCCCCCC/C=C/CC/C=C/CC/C=C/CCCC(O)C(O)C(COC1OC(CO)C(O)C(O)C1O)NC(=O)C(O)CCCCCCCCCCC/C=C\CCCCCCCCCCCCCC. The Balaban J connectivity index is 2.32. The van der Waals surface area contributed by atoms with Crippen molar-refractivity contribution in [2.75, 3.05) is 13.2 Å². The van der Waals surface area contributed by atoms with E-state index in [0.717, 1.165) is 44.9 Å². The van der Waals surface area contributed by atoms with Crippen LogP contribution in [0.1, 0.15) is 277 Å². The maximum atomic E-state index is 13.2. The van der Waals surface area contributed by atoms with Crippen molar-refractivity contribution in [2.24, 2.45) is 0 Å². The molecule has 9 atom stereocenters. The Labute approximate surface area is 453 Å². The van der Waals surface area contributed by atoms with Gasteiger partial charge < -0.3 is 50.5 Å². The topological polar surface area (TPSA) is 189 Å². The molecular weight excluding hydrogens is 931 g/mol. The van der Waals surface area contributed by atoms with Crippen molar-refractivity contribution in [1.29, 1.82) is 0 Å². The first-order chi connectivity index (χ1) is 36.2. The van der Waals surface area contributed by atoms with Gasteiger partial charge in [-0.1, -0.05) is 236 Å². The Kier molecular flexibility index (Phi) is 49.1.